The predicted octanol–water partition coefficient (Wildman–Crippen LogP) is 4.30. The second-order valence-corrected chi connectivity index (χ2v) is 7.58. The molecule has 5 N–H and O–H groups in total. The molecule has 2 aromatic rings. The van der Waals surface area contributed by atoms with E-state index in [1.54, 1.807) is 11.8 Å². The maximum atomic E-state index is 6.42. The summed E-state index contributed by atoms with van der Waals surface area (Å²) in [6.45, 7) is 3.28. The molecule has 0 spiro atoms. The molecule has 1 saturated heterocycles. The molecule has 3 rings (SSSR count). The fourth-order valence-electron chi connectivity index (χ4n) is 3.18. The van der Waals surface area contributed by atoms with Crippen molar-refractivity contribution in [2.75, 3.05) is 18.0 Å². The van der Waals surface area contributed by atoms with Crippen LogP contribution >= 0.6 is 11.8 Å². The van der Waals surface area contributed by atoms with Crippen LogP contribution in [0.2, 0.25) is 0 Å². The van der Waals surface area contributed by atoms with Crippen molar-refractivity contribution >= 4 is 23.1 Å². The summed E-state index contributed by atoms with van der Waals surface area (Å²) in [5.41, 5.74) is 13.0. The molecule has 1 aliphatic rings. The molecule has 2 unspecified atom stereocenters. The Balaban J connectivity index is 1.76. The molecule has 2 atom stereocenters. The van der Waals surface area contributed by atoms with Crippen LogP contribution in [0.3, 0.4) is 0 Å². The van der Waals surface area contributed by atoms with Gasteiger partial charge in [0, 0.05) is 10.9 Å². The molecular formula is C20H27N3OS. The fraction of sp³-hybridized carbons (Fsp3) is 0.400. The molecule has 4 nitrogen and oxygen atoms in total. The normalized spacial score (nSPS) is 18.7. The Morgan fingerprint density at radius 2 is 2.00 bits per heavy atom. The molecule has 134 valence electrons. The van der Waals surface area contributed by atoms with Crippen LogP contribution in [-0.4, -0.2) is 18.7 Å². The van der Waals surface area contributed by atoms with E-state index in [0.29, 0.717) is 17.4 Å². The minimum absolute atomic E-state index is 0.193. The number of anilines is 2. The first-order chi connectivity index (χ1) is 12.2. The monoisotopic (exact) mass is 357 g/mol. The van der Waals surface area contributed by atoms with Gasteiger partial charge in [-0.25, -0.2) is 0 Å². The van der Waals surface area contributed by atoms with Crippen LogP contribution in [0.4, 0.5) is 11.4 Å². The molecule has 2 aromatic carbocycles. The molecule has 0 radical (unpaired) electrons. The second kappa shape index (κ2) is 8.50. The number of hydrogen-bond donors (Lipinski definition) is 3. The Kier molecular flexibility index (Phi) is 6.10. The van der Waals surface area contributed by atoms with E-state index in [1.165, 1.54) is 19.3 Å². The Morgan fingerprint density at radius 1 is 1.16 bits per heavy atom. The highest BCUT2D eigenvalue weighted by Crippen LogP contribution is 2.37. The van der Waals surface area contributed by atoms with Crippen molar-refractivity contribution in [3.05, 3.63) is 42.5 Å². The van der Waals surface area contributed by atoms with Gasteiger partial charge in [-0.1, -0.05) is 37.2 Å². The zero-order valence-corrected chi connectivity index (χ0v) is 15.5. The van der Waals surface area contributed by atoms with Crippen LogP contribution in [-0.2, 0) is 0 Å². The van der Waals surface area contributed by atoms with Crippen molar-refractivity contribution < 1.29 is 4.74 Å². The summed E-state index contributed by atoms with van der Waals surface area (Å²) in [4.78, 5) is 2.16. The first-order valence-corrected chi connectivity index (χ1v) is 9.81. The largest absolute Gasteiger partial charge is 0.488 e. The van der Waals surface area contributed by atoms with E-state index in [2.05, 4.69) is 24.4 Å². The van der Waals surface area contributed by atoms with Gasteiger partial charge in [0.2, 0.25) is 0 Å². The number of para-hydroxylation sites is 1. The van der Waals surface area contributed by atoms with Gasteiger partial charge < -0.3 is 21.5 Å². The second-order valence-electron chi connectivity index (χ2n) is 6.46. The maximum absolute atomic E-state index is 6.42. The van der Waals surface area contributed by atoms with Crippen LogP contribution in [0.1, 0.15) is 32.6 Å². The van der Waals surface area contributed by atoms with E-state index in [9.17, 15) is 0 Å². The first kappa shape index (κ1) is 18.0. The molecule has 0 amide bonds. The third-order valence-electron chi connectivity index (χ3n) is 4.61. The van der Waals surface area contributed by atoms with Gasteiger partial charge in [0.25, 0.3) is 0 Å². The Morgan fingerprint density at radius 3 is 2.72 bits per heavy atom. The molecule has 5 heteroatoms. The van der Waals surface area contributed by atoms with Gasteiger partial charge >= 0.3 is 0 Å². The van der Waals surface area contributed by atoms with E-state index < -0.39 is 0 Å². The lowest BCUT2D eigenvalue weighted by Gasteiger charge is -2.31. The minimum Gasteiger partial charge on any atom is -0.488 e. The number of ether oxygens (including phenoxy) is 1. The van der Waals surface area contributed by atoms with Crippen molar-refractivity contribution in [1.29, 1.82) is 0 Å². The van der Waals surface area contributed by atoms with Gasteiger partial charge in [0.05, 0.1) is 16.3 Å². The van der Waals surface area contributed by atoms with Crippen molar-refractivity contribution in [1.82, 2.24) is 5.32 Å². The Bertz CT molecular complexity index is 701. The maximum Gasteiger partial charge on any atom is 0.133 e. The summed E-state index contributed by atoms with van der Waals surface area (Å²) in [5, 5.41) is 3.61. The standard InChI is InChI=1S/C20H27N3OS/c1-2-18(17-7-5-6-12-23-17)24-19-8-3-4-9-20(19)25-14-10-11-15(21)16(22)13-14/h3-4,8-11,13,17-18,23H,2,5-7,12,21-22H2,1H3. The van der Waals surface area contributed by atoms with Crippen LogP contribution in [0.15, 0.2) is 52.3 Å². The molecule has 1 fully saturated rings. The number of piperidine rings is 1. The third kappa shape index (κ3) is 4.61. The molecule has 1 heterocycles. The lowest BCUT2D eigenvalue weighted by molar-refractivity contribution is 0.129. The van der Waals surface area contributed by atoms with Crippen molar-refractivity contribution in [3.8, 4) is 5.75 Å². The highest BCUT2D eigenvalue weighted by molar-refractivity contribution is 7.99. The van der Waals surface area contributed by atoms with Crippen molar-refractivity contribution in [2.45, 2.75) is 54.5 Å². The molecule has 0 saturated carbocycles. The van der Waals surface area contributed by atoms with Crippen LogP contribution in [0.25, 0.3) is 0 Å². The smallest absolute Gasteiger partial charge is 0.133 e. The number of rotatable bonds is 6. The van der Waals surface area contributed by atoms with E-state index in [1.807, 2.05) is 30.3 Å². The topological polar surface area (TPSA) is 73.3 Å². The molecule has 0 bridgehead atoms. The number of nitrogen functional groups attached to an aromatic ring is 2. The van der Waals surface area contributed by atoms with Gasteiger partial charge in [-0.3, -0.25) is 0 Å². The summed E-state index contributed by atoms with van der Waals surface area (Å²) in [5.74, 6) is 0.933. The van der Waals surface area contributed by atoms with Crippen LogP contribution in [0, 0.1) is 0 Å². The summed E-state index contributed by atoms with van der Waals surface area (Å²) >= 11 is 1.66. The molecule has 25 heavy (non-hydrogen) atoms. The van der Waals surface area contributed by atoms with Crippen LogP contribution < -0.4 is 21.5 Å². The average Bonchev–Trinajstić information content (AvgIpc) is 2.65. The number of nitrogens with one attached hydrogen (secondary N) is 1. The van der Waals surface area contributed by atoms with E-state index in [4.69, 9.17) is 16.2 Å². The zero-order valence-electron chi connectivity index (χ0n) is 14.7. The SMILES string of the molecule is CCC(Oc1ccccc1Sc1ccc(N)c(N)c1)C1CCCCN1. The Hall–Kier alpha value is -1.85. The molecule has 0 aromatic heterocycles. The van der Waals surface area contributed by atoms with Gasteiger partial charge in [-0.15, -0.1) is 0 Å². The van der Waals surface area contributed by atoms with E-state index in [0.717, 1.165) is 28.5 Å². The molecular weight excluding hydrogens is 330 g/mol. The number of benzene rings is 2. The highest BCUT2D eigenvalue weighted by atomic mass is 32.2. The van der Waals surface area contributed by atoms with Gasteiger partial charge in [0.1, 0.15) is 11.9 Å². The Labute approximate surface area is 154 Å². The van der Waals surface area contributed by atoms with Gasteiger partial charge in [-0.05, 0) is 56.1 Å². The summed E-state index contributed by atoms with van der Waals surface area (Å²) in [7, 11) is 0. The highest BCUT2D eigenvalue weighted by Gasteiger charge is 2.24. The van der Waals surface area contributed by atoms with E-state index in [-0.39, 0.29) is 6.10 Å². The fourth-order valence-corrected chi connectivity index (χ4v) is 4.12. The van der Waals surface area contributed by atoms with Crippen molar-refractivity contribution in [3.63, 3.8) is 0 Å². The van der Waals surface area contributed by atoms with Gasteiger partial charge in [-0.2, -0.15) is 0 Å². The average molecular weight is 358 g/mol. The summed E-state index contributed by atoms with van der Waals surface area (Å²) < 4.78 is 6.42. The lowest BCUT2D eigenvalue weighted by Crippen LogP contribution is -2.45. The number of nitrogens with two attached hydrogens (primary N) is 2. The predicted molar refractivity (Wildman–Crippen MR) is 106 cm³/mol. The minimum atomic E-state index is 0.193. The summed E-state index contributed by atoms with van der Waals surface area (Å²) in [6, 6.07) is 14.4. The van der Waals surface area contributed by atoms with E-state index >= 15 is 0 Å². The number of hydrogen-bond acceptors (Lipinski definition) is 5. The lowest BCUT2D eigenvalue weighted by atomic mass is 9.98. The quantitative estimate of drug-likeness (QED) is 0.672. The summed E-state index contributed by atoms with van der Waals surface area (Å²) in [6.07, 6.45) is 4.91. The van der Waals surface area contributed by atoms with Crippen molar-refractivity contribution in [2.24, 2.45) is 0 Å². The molecule has 0 aliphatic carbocycles. The van der Waals surface area contributed by atoms with Crippen LogP contribution in [0.5, 0.6) is 5.75 Å². The first-order valence-electron chi connectivity index (χ1n) is 8.99. The zero-order chi connectivity index (χ0) is 17.6. The molecule has 1 aliphatic heterocycles. The van der Waals surface area contributed by atoms with Gasteiger partial charge in [0.15, 0.2) is 0 Å². The third-order valence-corrected chi connectivity index (χ3v) is 5.66.